The molecule has 1 aromatic carbocycles. The average Bonchev–Trinajstić information content (AvgIpc) is 2.52. The first kappa shape index (κ1) is 15.9. The van der Waals surface area contributed by atoms with Crippen molar-refractivity contribution in [1.82, 2.24) is 15.6 Å². The SMILES string of the molecule is CCNC(=NCc1ccc(F)cc1)NCc1cccc(C)n1. The smallest absolute Gasteiger partial charge is 0.191 e. The number of aliphatic imine (C=N–C) groups is 1. The number of nitrogens with zero attached hydrogens (tertiary/aromatic N) is 2. The molecular formula is C17H21FN4. The summed E-state index contributed by atoms with van der Waals surface area (Å²) < 4.78 is 12.9. The van der Waals surface area contributed by atoms with Crippen LogP contribution in [0.5, 0.6) is 0 Å². The van der Waals surface area contributed by atoms with Crippen molar-refractivity contribution < 1.29 is 4.39 Å². The maximum atomic E-state index is 12.9. The van der Waals surface area contributed by atoms with Gasteiger partial charge in [-0.05, 0) is 43.7 Å². The lowest BCUT2D eigenvalue weighted by molar-refractivity contribution is 0.627. The number of hydrogen-bond donors (Lipinski definition) is 2. The molecule has 2 aromatic rings. The molecule has 0 saturated carbocycles. The fourth-order valence-corrected chi connectivity index (χ4v) is 1.97. The topological polar surface area (TPSA) is 49.3 Å². The van der Waals surface area contributed by atoms with Crippen molar-refractivity contribution in [2.45, 2.75) is 26.9 Å². The second kappa shape index (κ2) is 8.12. The third kappa shape index (κ3) is 5.16. The van der Waals surface area contributed by atoms with Gasteiger partial charge in [-0.25, -0.2) is 9.38 Å². The van der Waals surface area contributed by atoms with Crippen LogP contribution in [0, 0.1) is 12.7 Å². The highest BCUT2D eigenvalue weighted by Gasteiger charge is 2.00. The predicted molar refractivity (Wildman–Crippen MR) is 87.0 cm³/mol. The number of halogens is 1. The molecule has 1 aromatic heterocycles. The maximum Gasteiger partial charge on any atom is 0.191 e. The molecule has 2 rings (SSSR count). The molecule has 0 atom stereocenters. The molecule has 4 nitrogen and oxygen atoms in total. The summed E-state index contributed by atoms with van der Waals surface area (Å²) in [6.07, 6.45) is 0. The number of pyridine rings is 1. The lowest BCUT2D eigenvalue weighted by Crippen LogP contribution is -2.37. The largest absolute Gasteiger partial charge is 0.357 e. The molecule has 0 bridgehead atoms. The predicted octanol–water partition coefficient (Wildman–Crippen LogP) is 2.78. The van der Waals surface area contributed by atoms with Gasteiger partial charge in [-0.3, -0.25) is 4.98 Å². The van der Waals surface area contributed by atoms with E-state index in [1.54, 1.807) is 12.1 Å². The first-order valence-electron chi connectivity index (χ1n) is 7.36. The van der Waals surface area contributed by atoms with Gasteiger partial charge in [-0.1, -0.05) is 18.2 Å². The Hall–Kier alpha value is -2.43. The van der Waals surface area contributed by atoms with Crippen molar-refractivity contribution in [3.8, 4) is 0 Å². The zero-order valence-electron chi connectivity index (χ0n) is 12.9. The van der Waals surface area contributed by atoms with Gasteiger partial charge in [0.2, 0.25) is 0 Å². The van der Waals surface area contributed by atoms with E-state index in [0.717, 1.165) is 29.5 Å². The van der Waals surface area contributed by atoms with Gasteiger partial charge in [-0.15, -0.1) is 0 Å². The van der Waals surface area contributed by atoms with E-state index >= 15 is 0 Å². The Morgan fingerprint density at radius 1 is 1.14 bits per heavy atom. The number of aryl methyl sites for hydroxylation is 1. The molecule has 116 valence electrons. The molecule has 0 saturated heterocycles. The van der Waals surface area contributed by atoms with Gasteiger partial charge in [0, 0.05) is 12.2 Å². The number of benzene rings is 1. The minimum atomic E-state index is -0.233. The van der Waals surface area contributed by atoms with Crippen LogP contribution in [0.2, 0.25) is 0 Å². The maximum absolute atomic E-state index is 12.9. The third-order valence-corrected chi connectivity index (χ3v) is 3.06. The summed E-state index contributed by atoms with van der Waals surface area (Å²) >= 11 is 0. The number of hydrogen-bond acceptors (Lipinski definition) is 2. The number of aromatic nitrogens is 1. The molecule has 0 radical (unpaired) electrons. The van der Waals surface area contributed by atoms with Gasteiger partial charge in [0.05, 0.1) is 18.8 Å². The van der Waals surface area contributed by atoms with E-state index in [-0.39, 0.29) is 5.82 Å². The van der Waals surface area contributed by atoms with Gasteiger partial charge in [0.1, 0.15) is 5.82 Å². The fraction of sp³-hybridized carbons (Fsp3) is 0.294. The van der Waals surface area contributed by atoms with Gasteiger partial charge in [0.25, 0.3) is 0 Å². The van der Waals surface area contributed by atoms with E-state index in [2.05, 4.69) is 20.6 Å². The van der Waals surface area contributed by atoms with Crippen LogP contribution in [-0.2, 0) is 13.1 Å². The summed E-state index contributed by atoms with van der Waals surface area (Å²) in [5, 5.41) is 6.43. The molecule has 5 heteroatoms. The van der Waals surface area contributed by atoms with Crippen LogP contribution >= 0.6 is 0 Å². The highest BCUT2D eigenvalue weighted by atomic mass is 19.1. The molecule has 0 fully saturated rings. The van der Waals surface area contributed by atoms with E-state index in [0.29, 0.717) is 13.1 Å². The minimum Gasteiger partial charge on any atom is -0.357 e. The Morgan fingerprint density at radius 2 is 1.91 bits per heavy atom. The fourth-order valence-electron chi connectivity index (χ4n) is 1.97. The van der Waals surface area contributed by atoms with E-state index in [1.807, 2.05) is 32.0 Å². The lowest BCUT2D eigenvalue weighted by atomic mass is 10.2. The monoisotopic (exact) mass is 300 g/mol. The summed E-state index contributed by atoms with van der Waals surface area (Å²) in [7, 11) is 0. The highest BCUT2D eigenvalue weighted by molar-refractivity contribution is 5.79. The third-order valence-electron chi connectivity index (χ3n) is 3.06. The van der Waals surface area contributed by atoms with E-state index in [1.165, 1.54) is 12.1 Å². The summed E-state index contributed by atoms with van der Waals surface area (Å²) in [5.74, 6) is 0.485. The van der Waals surface area contributed by atoms with Crippen molar-refractivity contribution >= 4 is 5.96 Å². The minimum absolute atomic E-state index is 0.233. The van der Waals surface area contributed by atoms with Gasteiger partial charge in [0.15, 0.2) is 5.96 Å². The van der Waals surface area contributed by atoms with Crippen LogP contribution in [-0.4, -0.2) is 17.5 Å². The quantitative estimate of drug-likeness (QED) is 0.659. The molecule has 0 amide bonds. The van der Waals surface area contributed by atoms with Crippen molar-refractivity contribution in [3.05, 3.63) is 65.2 Å². The van der Waals surface area contributed by atoms with Crippen LogP contribution in [0.25, 0.3) is 0 Å². The molecule has 0 unspecified atom stereocenters. The van der Waals surface area contributed by atoms with E-state index < -0.39 is 0 Å². The van der Waals surface area contributed by atoms with Gasteiger partial charge in [-0.2, -0.15) is 0 Å². The van der Waals surface area contributed by atoms with Crippen LogP contribution in [0.3, 0.4) is 0 Å². The Morgan fingerprint density at radius 3 is 2.59 bits per heavy atom. The zero-order valence-corrected chi connectivity index (χ0v) is 12.9. The molecule has 0 aliphatic heterocycles. The van der Waals surface area contributed by atoms with E-state index in [4.69, 9.17) is 0 Å². The molecular weight excluding hydrogens is 279 g/mol. The Bertz CT molecular complexity index is 623. The molecule has 0 aliphatic carbocycles. The van der Waals surface area contributed by atoms with Crippen molar-refractivity contribution in [3.63, 3.8) is 0 Å². The first-order valence-corrected chi connectivity index (χ1v) is 7.36. The van der Waals surface area contributed by atoms with Gasteiger partial charge >= 0.3 is 0 Å². The standard InChI is InChI=1S/C17H21FN4/c1-3-19-17(20-11-14-7-9-15(18)10-8-14)21-12-16-6-4-5-13(2)22-16/h4-10H,3,11-12H2,1-2H3,(H2,19,20,21). The van der Waals surface area contributed by atoms with Gasteiger partial charge < -0.3 is 10.6 Å². The number of rotatable bonds is 5. The highest BCUT2D eigenvalue weighted by Crippen LogP contribution is 2.04. The molecule has 0 aliphatic rings. The molecule has 2 N–H and O–H groups in total. The van der Waals surface area contributed by atoms with Crippen LogP contribution < -0.4 is 10.6 Å². The zero-order chi connectivity index (χ0) is 15.8. The number of guanidine groups is 1. The lowest BCUT2D eigenvalue weighted by Gasteiger charge is -2.11. The Balaban J connectivity index is 1.96. The Kier molecular flexibility index (Phi) is 5.89. The molecule has 1 heterocycles. The summed E-state index contributed by atoms with van der Waals surface area (Å²) in [4.78, 5) is 8.94. The number of nitrogens with one attached hydrogen (secondary N) is 2. The second-order valence-corrected chi connectivity index (χ2v) is 4.95. The van der Waals surface area contributed by atoms with Crippen LogP contribution in [0.15, 0.2) is 47.5 Å². The van der Waals surface area contributed by atoms with Crippen LogP contribution in [0.4, 0.5) is 4.39 Å². The summed E-state index contributed by atoms with van der Waals surface area (Å²) in [6, 6.07) is 12.3. The Labute approximate surface area is 130 Å². The first-order chi connectivity index (χ1) is 10.7. The molecule has 22 heavy (non-hydrogen) atoms. The summed E-state index contributed by atoms with van der Waals surface area (Å²) in [6.45, 7) is 5.86. The summed E-state index contributed by atoms with van der Waals surface area (Å²) in [5.41, 5.74) is 2.92. The van der Waals surface area contributed by atoms with Crippen molar-refractivity contribution in [2.75, 3.05) is 6.54 Å². The van der Waals surface area contributed by atoms with Crippen molar-refractivity contribution in [2.24, 2.45) is 4.99 Å². The average molecular weight is 300 g/mol. The second-order valence-electron chi connectivity index (χ2n) is 4.95. The van der Waals surface area contributed by atoms with Crippen LogP contribution in [0.1, 0.15) is 23.9 Å². The van der Waals surface area contributed by atoms with Crippen molar-refractivity contribution in [1.29, 1.82) is 0 Å². The normalized spacial score (nSPS) is 11.3. The van der Waals surface area contributed by atoms with E-state index in [9.17, 15) is 4.39 Å². The molecule has 0 spiro atoms.